The van der Waals surface area contributed by atoms with Gasteiger partial charge in [0.05, 0.1) is 0 Å². The summed E-state index contributed by atoms with van der Waals surface area (Å²) in [5, 5.41) is 2.22. The molecular formula is C4H10KNO4S. The molecule has 0 heterocycles. The van der Waals surface area contributed by atoms with Gasteiger partial charge in [-0.25, -0.2) is 0 Å². The zero-order valence-electron chi connectivity index (χ0n) is 5.49. The van der Waals surface area contributed by atoms with Crippen molar-refractivity contribution in [2.45, 2.75) is 6.92 Å². The van der Waals surface area contributed by atoms with Crippen LogP contribution in [0.2, 0.25) is 0 Å². The Kier molecular flexibility index (Phi) is 8.62. The predicted octanol–water partition coefficient (Wildman–Crippen LogP) is -1.64. The van der Waals surface area contributed by atoms with E-state index in [2.05, 4.69) is 5.32 Å². The number of hydrogen-bond donors (Lipinski definition) is 2. The third kappa shape index (κ3) is 11.0. The van der Waals surface area contributed by atoms with Crippen LogP contribution < -0.4 is 5.32 Å². The molecule has 0 aromatic carbocycles. The fraction of sp³-hybridized carbons (Fsp3) is 0.750. The molecule has 0 bridgehead atoms. The van der Waals surface area contributed by atoms with Crippen LogP contribution in [0.15, 0.2) is 0 Å². The summed E-state index contributed by atoms with van der Waals surface area (Å²) in [5.41, 5.74) is 0. The van der Waals surface area contributed by atoms with E-state index in [-0.39, 0.29) is 51.4 Å². The maximum atomic E-state index is 10.4. The number of nitrogens with one attached hydrogen (secondary N) is 1. The van der Waals surface area contributed by atoms with Crippen molar-refractivity contribution in [2.75, 3.05) is 12.3 Å². The Morgan fingerprint density at radius 1 is 1.55 bits per heavy atom. The molecule has 7 heteroatoms. The summed E-state index contributed by atoms with van der Waals surface area (Å²) in [4.78, 5) is 10.4. The van der Waals surface area contributed by atoms with Gasteiger partial charge >= 0.3 is 51.4 Å². The van der Waals surface area contributed by atoms with Gasteiger partial charge in [0, 0.05) is 6.54 Å². The quantitative estimate of drug-likeness (QED) is 0.429. The average molecular weight is 207 g/mol. The molecule has 5 nitrogen and oxygen atoms in total. The number of carbonyl (C=O) groups is 1. The summed E-state index contributed by atoms with van der Waals surface area (Å²) in [5.74, 6) is -1.55. The molecule has 0 radical (unpaired) electrons. The van der Waals surface area contributed by atoms with E-state index in [1.165, 1.54) is 0 Å². The van der Waals surface area contributed by atoms with Gasteiger partial charge in [0.2, 0.25) is 5.91 Å². The van der Waals surface area contributed by atoms with Crippen molar-refractivity contribution in [3.8, 4) is 0 Å². The van der Waals surface area contributed by atoms with Gasteiger partial charge in [-0.2, -0.15) is 8.42 Å². The zero-order valence-corrected chi connectivity index (χ0v) is 6.31. The van der Waals surface area contributed by atoms with Crippen molar-refractivity contribution >= 4 is 67.4 Å². The summed E-state index contributed by atoms with van der Waals surface area (Å²) in [6, 6.07) is 0. The summed E-state index contributed by atoms with van der Waals surface area (Å²) in [7, 11) is -4.16. The standard InChI is InChI=1S/C4H9NO4S.K.H/c1-2-5-4(6)3-10(7,8)9;;/h2-3H2,1H3,(H,5,6)(H,7,8,9);;. The summed E-state index contributed by atoms with van der Waals surface area (Å²) < 4.78 is 28.1. The molecule has 0 saturated heterocycles. The van der Waals surface area contributed by atoms with Crippen LogP contribution in [0, 0.1) is 0 Å². The molecule has 0 fully saturated rings. The van der Waals surface area contributed by atoms with E-state index in [1.54, 1.807) is 6.92 Å². The molecule has 0 spiro atoms. The van der Waals surface area contributed by atoms with Crippen molar-refractivity contribution in [3.63, 3.8) is 0 Å². The van der Waals surface area contributed by atoms with Crippen molar-refractivity contribution in [1.82, 2.24) is 5.32 Å². The molecule has 0 rings (SSSR count). The van der Waals surface area contributed by atoms with E-state index in [0.717, 1.165) is 0 Å². The molecule has 0 aromatic heterocycles. The van der Waals surface area contributed by atoms with Crippen molar-refractivity contribution < 1.29 is 17.8 Å². The molecule has 11 heavy (non-hydrogen) atoms. The molecular weight excluding hydrogens is 197 g/mol. The second-order valence-electron chi connectivity index (χ2n) is 1.68. The molecule has 62 valence electrons. The molecule has 0 aliphatic rings. The third-order valence-corrected chi connectivity index (χ3v) is 1.31. The number of rotatable bonds is 3. The Morgan fingerprint density at radius 2 is 2.00 bits per heavy atom. The fourth-order valence-corrected chi connectivity index (χ4v) is 0.847. The van der Waals surface area contributed by atoms with E-state index in [9.17, 15) is 13.2 Å². The van der Waals surface area contributed by atoms with E-state index >= 15 is 0 Å². The monoisotopic (exact) mass is 207 g/mol. The van der Waals surface area contributed by atoms with Crippen LogP contribution in [0.4, 0.5) is 0 Å². The molecule has 0 saturated carbocycles. The normalized spacial score (nSPS) is 10.0. The molecule has 0 aromatic rings. The third-order valence-electron chi connectivity index (χ3n) is 0.687. The Labute approximate surface area is 108 Å². The zero-order chi connectivity index (χ0) is 8.20. The van der Waals surface area contributed by atoms with Crippen LogP contribution in [0.3, 0.4) is 0 Å². The molecule has 0 unspecified atom stereocenters. The Morgan fingerprint density at radius 3 is 2.27 bits per heavy atom. The Hall–Kier alpha value is 1.02. The first-order chi connectivity index (χ1) is 4.45. The number of carbonyl (C=O) groups excluding carboxylic acids is 1. The van der Waals surface area contributed by atoms with Gasteiger partial charge in [-0.1, -0.05) is 0 Å². The maximum absolute atomic E-state index is 10.4. The average Bonchev–Trinajstić information content (AvgIpc) is 1.59. The summed E-state index contributed by atoms with van der Waals surface area (Å²) >= 11 is 0. The molecule has 0 atom stereocenters. The van der Waals surface area contributed by atoms with Crippen LogP contribution in [-0.4, -0.2) is 82.6 Å². The van der Waals surface area contributed by atoms with Crippen LogP contribution in [0.5, 0.6) is 0 Å². The van der Waals surface area contributed by atoms with E-state index in [4.69, 9.17) is 4.55 Å². The minimum absolute atomic E-state index is 0. The van der Waals surface area contributed by atoms with E-state index in [1.807, 2.05) is 0 Å². The Bertz CT molecular complexity index is 212. The van der Waals surface area contributed by atoms with Crippen molar-refractivity contribution in [2.24, 2.45) is 0 Å². The van der Waals surface area contributed by atoms with Gasteiger partial charge in [0.15, 0.2) is 5.75 Å². The molecule has 0 aliphatic heterocycles. The predicted molar refractivity (Wildman–Crippen MR) is 42.2 cm³/mol. The van der Waals surface area contributed by atoms with E-state index < -0.39 is 21.8 Å². The first-order valence-electron chi connectivity index (χ1n) is 2.67. The van der Waals surface area contributed by atoms with Crippen LogP contribution in [-0.2, 0) is 14.9 Å². The Balaban J connectivity index is 0. The van der Waals surface area contributed by atoms with Crippen LogP contribution >= 0.6 is 0 Å². The first kappa shape index (κ1) is 14.5. The number of amides is 1. The molecule has 1 amide bonds. The fourth-order valence-electron chi connectivity index (χ4n) is 0.414. The van der Waals surface area contributed by atoms with Crippen molar-refractivity contribution in [1.29, 1.82) is 0 Å². The molecule has 2 N–H and O–H groups in total. The van der Waals surface area contributed by atoms with E-state index in [0.29, 0.717) is 6.54 Å². The van der Waals surface area contributed by atoms with Gasteiger partial charge < -0.3 is 5.32 Å². The van der Waals surface area contributed by atoms with Gasteiger partial charge in [0.25, 0.3) is 10.1 Å². The van der Waals surface area contributed by atoms with Crippen LogP contribution in [0.25, 0.3) is 0 Å². The van der Waals surface area contributed by atoms with Crippen molar-refractivity contribution in [3.05, 3.63) is 0 Å². The minimum atomic E-state index is -4.16. The van der Waals surface area contributed by atoms with Crippen LogP contribution in [0.1, 0.15) is 6.92 Å². The molecule has 0 aliphatic carbocycles. The van der Waals surface area contributed by atoms with Gasteiger partial charge in [-0.15, -0.1) is 0 Å². The summed E-state index contributed by atoms with van der Waals surface area (Å²) in [6.45, 7) is 2.01. The number of hydrogen-bond acceptors (Lipinski definition) is 3. The van der Waals surface area contributed by atoms with Gasteiger partial charge in [-0.05, 0) is 6.92 Å². The second kappa shape index (κ2) is 6.52. The van der Waals surface area contributed by atoms with Gasteiger partial charge in [0.1, 0.15) is 0 Å². The first-order valence-corrected chi connectivity index (χ1v) is 4.28. The summed E-state index contributed by atoms with van der Waals surface area (Å²) in [6.07, 6.45) is 0. The SMILES string of the molecule is CCNC(=O)CS(=O)(=O)O.[KH]. The van der Waals surface area contributed by atoms with Gasteiger partial charge in [-0.3, -0.25) is 9.35 Å². The second-order valence-corrected chi connectivity index (χ2v) is 3.13. The topological polar surface area (TPSA) is 83.5 Å².